The molecule has 0 radical (unpaired) electrons. The molecule has 0 saturated heterocycles. The van der Waals surface area contributed by atoms with Crippen LogP contribution in [0.2, 0.25) is 0 Å². The van der Waals surface area contributed by atoms with Crippen molar-refractivity contribution in [1.29, 1.82) is 0 Å². The molecule has 97 heavy (non-hydrogen) atoms. The van der Waals surface area contributed by atoms with Crippen LogP contribution < -0.4 is 30.1 Å². The van der Waals surface area contributed by atoms with Gasteiger partial charge in [0.15, 0.2) is 8.07 Å². The first-order valence-corrected chi connectivity index (χ1v) is 33.0. The Morgan fingerprint density at radius 3 is 1.58 bits per heavy atom. The monoisotopic (exact) mass is 1480 g/mol. The Balaban J connectivity index is 0.0000127. The van der Waals surface area contributed by atoms with Gasteiger partial charge in [0, 0.05) is 44.3 Å². The van der Waals surface area contributed by atoms with E-state index < -0.39 is 248 Å². The van der Waals surface area contributed by atoms with Crippen LogP contribution in [0.5, 0.6) is 11.5 Å². The molecule has 0 amide bonds. The van der Waals surface area contributed by atoms with Crippen molar-refractivity contribution in [2.75, 3.05) is 0 Å². The number of aromatic nitrogens is 4. The van der Waals surface area contributed by atoms with E-state index in [0.29, 0.717) is 22.5 Å². The van der Waals surface area contributed by atoms with Gasteiger partial charge in [0.05, 0.1) is 55.1 Å². The fourth-order valence-corrected chi connectivity index (χ4v) is 16.2. The van der Waals surface area contributed by atoms with E-state index in [2.05, 4.69) is 86.8 Å². The van der Waals surface area contributed by atoms with E-state index in [-0.39, 0.29) is 54.7 Å². The Bertz CT molecular complexity index is 6730. The summed E-state index contributed by atoms with van der Waals surface area (Å²) in [6, 6.07) is 12.1. The van der Waals surface area contributed by atoms with Gasteiger partial charge in [-0.25, -0.2) is 4.98 Å². The van der Waals surface area contributed by atoms with E-state index in [0.717, 1.165) is 33.0 Å². The minimum absolute atomic E-state index is 0. The second-order valence-corrected chi connectivity index (χ2v) is 29.9. The molecule has 0 N–H and O–H groups in total. The molecule has 478 valence electrons. The molecule has 3 heterocycles. The summed E-state index contributed by atoms with van der Waals surface area (Å²) < 4.78 is 282. The van der Waals surface area contributed by atoms with Crippen LogP contribution in [-0.4, -0.2) is 22.2 Å². The molecule has 0 saturated carbocycles. The maximum absolute atomic E-state index is 10.8. The van der Waals surface area contributed by atoms with Crippen LogP contribution >= 0.6 is 0 Å². The van der Waals surface area contributed by atoms with Gasteiger partial charge in [0.1, 0.15) is 5.82 Å². The molecule has 15 rings (SSSR count). The van der Waals surface area contributed by atoms with Crippen molar-refractivity contribution in [3.63, 3.8) is 0 Å². The van der Waals surface area contributed by atoms with Crippen molar-refractivity contribution in [3.05, 3.63) is 332 Å². The zero-order chi connectivity index (χ0) is 90.3. The van der Waals surface area contributed by atoms with Crippen LogP contribution in [0.1, 0.15) is 117 Å². The van der Waals surface area contributed by atoms with Gasteiger partial charge in [-0.1, -0.05) is 286 Å². The number of fused-ring (bicyclic) bond motifs is 4. The summed E-state index contributed by atoms with van der Waals surface area (Å²) in [5, 5.41) is -1.83. The van der Waals surface area contributed by atoms with Crippen molar-refractivity contribution < 1.29 is 68.8 Å². The first-order valence-electron chi connectivity index (χ1n) is 45.0. The third kappa shape index (κ3) is 12.1. The predicted octanol–water partition coefficient (Wildman–Crippen LogP) is 19.5. The van der Waals surface area contributed by atoms with Crippen LogP contribution in [0.15, 0.2) is 297 Å². The summed E-state index contributed by atoms with van der Waals surface area (Å²) in [6.07, 6.45) is 5.21. The first-order chi connectivity index (χ1) is 58.1. The maximum Gasteiger partial charge on any atom is 0.268 e. The average Bonchev–Trinajstić information content (AvgIpc) is 1.23. The molecule has 15 aromatic rings. The third-order valence-corrected chi connectivity index (χ3v) is 21.3. The van der Waals surface area contributed by atoms with Gasteiger partial charge in [-0.15, -0.1) is 29.7 Å². The van der Waals surface area contributed by atoms with E-state index in [1.54, 1.807) is 48.7 Å². The minimum Gasteiger partial charge on any atom is -0.510 e. The van der Waals surface area contributed by atoms with E-state index in [1.165, 1.54) is 27.3 Å². The number of hydrogen-bond acceptors (Lipinski definition) is 2. The quantitative estimate of drug-likeness (QED) is 0.0499. The molecule has 0 fully saturated rings. The van der Waals surface area contributed by atoms with Crippen molar-refractivity contribution in [2.24, 2.45) is 0 Å². The molecule has 12 aromatic carbocycles. The summed E-state index contributed by atoms with van der Waals surface area (Å²) in [5.74, 6) is 0.885. The molecule has 7 heteroatoms. The van der Waals surface area contributed by atoms with E-state index in [9.17, 15) is 26.0 Å². The molecule has 3 aromatic heterocycles. The maximum atomic E-state index is 10.8. The second-order valence-electron chi connectivity index (χ2n) is 26.3. The summed E-state index contributed by atoms with van der Waals surface area (Å²) in [7, 11) is -6.49. The largest absolute Gasteiger partial charge is 0.510 e. The molecule has 5 nitrogen and oxygen atoms in total. The number of ether oxygens (including phenoxy) is 1. The summed E-state index contributed by atoms with van der Waals surface area (Å²) in [6.45, 7) is 18.7. The fraction of sp³-hybridized carbons (Fsp3) is 0.133. The first kappa shape index (κ1) is 39.1. The summed E-state index contributed by atoms with van der Waals surface area (Å²) in [4.78, 5) is 4.86. The van der Waals surface area contributed by atoms with E-state index >= 15 is 0 Å². The van der Waals surface area contributed by atoms with Gasteiger partial charge in [0.2, 0.25) is 0 Å². The van der Waals surface area contributed by atoms with Gasteiger partial charge in [-0.3, -0.25) is 4.57 Å². The molecule has 0 bridgehead atoms. The summed E-state index contributed by atoms with van der Waals surface area (Å²) in [5.41, 5.74) is -0.887. The van der Waals surface area contributed by atoms with Crippen molar-refractivity contribution in [2.45, 2.75) is 78.6 Å². The van der Waals surface area contributed by atoms with Gasteiger partial charge in [-0.05, 0) is 152 Å². The zero-order valence-corrected chi connectivity index (χ0v) is 57.4. The molecule has 0 unspecified atom stereocenters. The van der Waals surface area contributed by atoms with Gasteiger partial charge in [0.25, 0.3) is 6.33 Å². The number of benzene rings is 12. The fourth-order valence-electron chi connectivity index (χ4n) is 12.2. The third-order valence-electron chi connectivity index (χ3n) is 17.1. The Morgan fingerprint density at radius 1 is 0.443 bits per heavy atom. The molecular weight excluding hydrogens is 1380 g/mol. The van der Waals surface area contributed by atoms with Gasteiger partial charge < -0.3 is 13.9 Å². The number of rotatable bonds is 13. The number of hydrogen-bond donors (Lipinski definition) is 0. The van der Waals surface area contributed by atoms with Gasteiger partial charge in [-0.2, -0.15) is 18.2 Å². The van der Waals surface area contributed by atoms with Crippen molar-refractivity contribution >= 4 is 61.7 Å². The molecule has 0 aliphatic heterocycles. The second kappa shape index (κ2) is 25.7. The zero-order valence-electron chi connectivity index (χ0n) is 82.1. The van der Waals surface area contributed by atoms with Gasteiger partial charge >= 0.3 is 0 Å². The topological polar surface area (TPSA) is 35.9 Å². The number of pyridine rings is 1. The molecular formula is C90H76N4OPtSi-2. The standard InChI is InChI=1S/C90H76N4OSi.Pt/c1-88(2,3)69-49-50-91-86(58-69)94-81-43-26-25-41-79(81)80-47-46-74(60-83(80)94)95-73-34-27-33-72(59-73)92-61-93(82-48-45-64(56-84(82)92)67-54-70(89(4,5)6)57-71(55-67)90(7,8)9)87-78(68-52-65(62-29-15-10-16-30-62)51-66(53-68)63-31-17-11-18-32-63)42-28-44-85(87)96(75-35-19-12-20-36-75,76-37-21-13-22-38-76)77-39-23-14-24-40-77;/h10-58H,1-9H3;/q-2;/i10D,11D,12D,13D,14D,15D,16D,17D,18D,19D,20D,21D,22D,23D,24D,29D,30D,31D,32D,35D,36D,37D,38D,39D,40D,51D,52D,53D;. The van der Waals surface area contributed by atoms with Crippen LogP contribution in [0.25, 0.3) is 94.5 Å². The van der Waals surface area contributed by atoms with Crippen LogP contribution in [0.3, 0.4) is 0 Å². The minimum atomic E-state index is -6.49. The average molecular weight is 1480 g/mol. The number of nitrogens with zero attached hydrogens (tertiary/aromatic N) is 4. The molecule has 0 atom stereocenters. The Kier molecular flexibility index (Phi) is 10.4. The Morgan fingerprint density at radius 2 is 0.990 bits per heavy atom. The number of para-hydroxylation sites is 2. The SMILES string of the molecule is [2H]c1c([2H])c([2H])c(-c2c([2H])c(-c3cccc([Si](c4c([2H])c([2H])c([2H])c([2H])c4[2H])(c4c([2H])c([2H])c([2H])c([2H])c4[2H])c4c([2H])c([2H])c([2H])c([2H])c4[2H])c3-[n+]3[c-]n(-c4[c-]c(Oc5[c-]c6c(cc5)c5ccccc5n6-c5cc(C(C)(C)C)ccn5)ccc4)c4cc(-c5cc(C(C)(C)C)cc(C(C)(C)C)c5)ccc43)c([2H])c(-c3c([2H])c([2H])c([2H])c([2H])c3[2H])c2[2H])c([2H])c1[2H].[Pt]. The Hall–Kier alpha value is -10.2. The van der Waals surface area contributed by atoms with Crippen molar-refractivity contribution in [3.8, 4) is 73.2 Å². The Labute approximate surface area is 625 Å². The molecule has 0 aliphatic rings. The normalized spacial score (nSPS) is 16.1. The molecule has 0 aliphatic carbocycles. The van der Waals surface area contributed by atoms with Crippen molar-refractivity contribution in [1.82, 2.24) is 14.1 Å². The number of imidazole rings is 1. The van der Waals surface area contributed by atoms with E-state index in [4.69, 9.17) is 22.1 Å². The van der Waals surface area contributed by atoms with Crippen LogP contribution in [0.4, 0.5) is 0 Å². The summed E-state index contributed by atoms with van der Waals surface area (Å²) >= 11 is 0. The van der Waals surface area contributed by atoms with Crippen LogP contribution in [-0.2, 0) is 37.3 Å². The van der Waals surface area contributed by atoms with E-state index in [1.807, 2.05) is 59.2 Å². The van der Waals surface area contributed by atoms with Crippen LogP contribution in [0, 0.1) is 18.5 Å². The smallest absolute Gasteiger partial charge is 0.268 e. The molecule has 0 spiro atoms. The predicted molar refractivity (Wildman–Crippen MR) is 401 cm³/mol.